The lowest BCUT2D eigenvalue weighted by Crippen LogP contribution is -2.14. The van der Waals surface area contributed by atoms with Crippen LogP contribution in [-0.2, 0) is 0 Å². The third-order valence-electron chi connectivity index (χ3n) is 3.44. The van der Waals surface area contributed by atoms with E-state index in [1.807, 2.05) is 38.3 Å². The van der Waals surface area contributed by atoms with Crippen LogP contribution >= 0.6 is 11.8 Å². The van der Waals surface area contributed by atoms with Crippen LogP contribution in [0.2, 0.25) is 0 Å². The Labute approximate surface area is 144 Å². The number of hydrogen-bond donors (Lipinski definition) is 1. The summed E-state index contributed by atoms with van der Waals surface area (Å²) in [4.78, 5) is 21.0. The first-order chi connectivity index (χ1) is 11.6. The molecule has 0 fully saturated rings. The van der Waals surface area contributed by atoms with E-state index in [1.54, 1.807) is 29.2 Å². The quantitative estimate of drug-likeness (QED) is 0.739. The maximum atomic E-state index is 12.4. The third-order valence-corrected chi connectivity index (χ3v) is 4.15. The molecule has 0 saturated heterocycles. The number of thioether (sulfide) groups is 1. The SMILES string of the molecule is CSc1ncccc1C(=O)Nc1ccc(-n2nc(C)cc2C)nc1. The number of pyridine rings is 2. The van der Waals surface area contributed by atoms with E-state index in [-0.39, 0.29) is 5.91 Å². The Morgan fingerprint density at radius 1 is 1.21 bits per heavy atom. The average molecular weight is 339 g/mol. The first-order valence-electron chi connectivity index (χ1n) is 7.38. The van der Waals surface area contributed by atoms with E-state index >= 15 is 0 Å². The van der Waals surface area contributed by atoms with Gasteiger partial charge in [0.2, 0.25) is 0 Å². The molecule has 0 radical (unpaired) electrons. The van der Waals surface area contributed by atoms with Crippen LogP contribution in [0.1, 0.15) is 21.7 Å². The summed E-state index contributed by atoms with van der Waals surface area (Å²) in [5.74, 6) is 0.512. The van der Waals surface area contributed by atoms with Crippen LogP contribution in [0.5, 0.6) is 0 Å². The van der Waals surface area contributed by atoms with Crippen LogP contribution in [0.15, 0.2) is 47.8 Å². The van der Waals surface area contributed by atoms with E-state index in [1.165, 1.54) is 11.8 Å². The van der Waals surface area contributed by atoms with Crippen LogP contribution in [-0.4, -0.2) is 31.9 Å². The highest BCUT2D eigenvalue weighted by atomic mass is 32.2. The lowest BCUT2D eigenvalue weighted by atomic mass is 10.2. The van der Waals surface area contributed by atoms with Crippen LogP contribution in [0.3, 0.4) is 0 Å². The maximum Gasteiger partial charge on any atom is 0.258 e. The molecule has 6 nitrogen and oxygen atoms in total. The monoisotopic (exact) mass is 339 g/mol. The summed E-state index contributed by atoms with van der Waals surface area (Å²) in [7, 11) is 0. The number of aryl methyl sites for hydroxylation is 2. The molecule has 7 heteroatoms. The number of hydrogen-bond acceptors (Lipinski definition) is 5. The summed E-state index contributed by atoms with van der Waals surface area (Å²) in [6, 6.07) is 9.13. The lowest BCUT2D eigenvalue weighted by Gasteiger charge is -2.08. The van der Waals surface area contributed by atoms with Gasteiger partial charge in [-0.3, -0.25) is 4.79 Å². The van der Waals surface area contributed by atoms with Gasteiger partial charge in [0, 0.05) is 11.9 Å². The van der Waals surface area contributed by atoms with Crippen molar-refractivity contribution in [2.45, 2.75) is 18.9 Å². The van der Waals surface area contributed by atoms with Gasteiger partial charge in [0.25, 0.3) is 5.91 Å². The van der Waals surface area contributed by atoms with Crippen molar-refractivity contribution in [1.29, 1.82) is 0 Å². The maximum absolute atomic E-state index is 12.4. The van der Waals surface area contributed by atoms with Gasteiger partial charge >= 0.3 is 0 Å². The van der Waals surface area contributed by atoms with Crippen LogP contribution in [0, 0.1) is 13.8 Å². The highest BCUT2D eigenvalue weighted by Gasteiger charge is 2.12. The van der Waals surface area contributed by atoms with Gasteiger partial charge < -0.3 is 5.32 Å². The van der Waals surface area contributed by atoms with Crippen molar-refractivity contribution in [3.8, 4) is 5.82 Å². The molecule has 24 heavy (non-hydrogen) atoms. The minimum Gasteiger partial charge on any atom is -0.321 e. The number of amides is 1. The normalized spacial score (nSPS) is 10.6. The average Bonchev–Trinajstić information content (AvgIpc) is 2.94. The number of anilines is 1. The topological polar surface area (TPSA) is 72.7 Å². The van der Waals surface area contributed by atoms with Gasteiger partial charge in [-0.25, -0.2) is 14.6 Å². The molecule has 122 valence electrons. The Hall–Kier alpha value is -2.67. The Morgan fingerprint density at radius 3 is 2.67 bits per heavy atom. The van der Waals surface area contributed by atoms with E-state index in [4.69, 9.17) is 0 Å². The summed E-state index contributed by atoms with van der Waals surface area (Å²) >= 11 is 1.44. The number of rotatable bonds is 4. The standard InChI is InChI=1S/C17H17N5OS/c1-11-9-12(2)22(21-11)15-7-6-13(10-19-15)20-16(23)14-5-4-8-18-17(14)24-3/h4-10H,1-3H3,(H,20,23). The van der Waals surface area contributed by atoms with Gasteiger partial charge in [-0.05, 0) is 50.4 Å². The zero-order valence-corrected chi connectivity index (χ0v) is 14.5. The molecule has 1 N–H and O–H groups in total. The highest BCUT2D eigenvalue weighted by Crippen LogP contribution is 2.19. The van der Waals surface area contributed by atoms with Crippen molar-refractivity contribution >= 4 is 23.4 Å². The molecule has 3 aromatic rings. The smallest absolute Gasteiger partial charge is 0.258 e. The van der Waals surface area contributed by atoms with Gasteiger partial charge in [0.05, 0.1) is 23.1 Å². The van der Waals surface area contributed by atoms with Crippen molar-refractivity contribution in [3.63, 3.8) is 0 Å². The summed E-state index contributed by atoms with van der Waals surface area (Å²) in [6.07, 6.45) is 5.19. The molecular weight excluding hydrogens is 322 g/mol. The van der Waals surface area contributed by atoms with Crippen molar-refractivity contribution in [3.05, 3.63) is 59.7 Å². The van der Waals surface area contributed by atoms with E-state index < -0.39 is 0 Å². The Kier molecular flexibility index (Phi) is 4.61. The summed E-state index contributed by atoms with van der Waals surface area (Å²) in [6.45, 7) is 3.92. The first-order valence-corrected chi connectivity index (χ1v) is 8.61. The number of nitrogens with one attached hydrogen (secondary N) is 1. The molecule has 0 aliphatic heterocycles. The van der Waals surface area contributed by atoms with Gasteiger partial charge in [0.1, 0.15) is 5.03 Å². The summed E-state index contributed by atoms with van der Waals surface area (Å²) in [5, 5.41) is 7.94. The molecule has 0 aliphatic carbocycles. The Balaban J connectivity index is 1.79. The third kappa shape index (κ3) is 3.30. The molecule has 0 atom stereocenters. The zero-order chi connectivity index (χ0) is 17.1. The minimum atomic E-state index is -0.201. The molecule has 0 aliphatic rings. The van der Waals surface area contributed by atoms with Crippen molar-refractivity contribution in [2.24, 2.45) is 0 Å². The van der Waals surface area contributed by atoms with Crippen LogP contribution in [0.25, 0.3) is 5.82 Å². The fourth-order valence-corrected chi connectivity index (χ4v) is 2.92. The van der Waals surface area contributed by atoms with E-state index in [0.717, 1.165) is 11.4 Å². The predicted molar refractivity (Wildman–Crippen MR) is 94.8 cm³/mol. The zero-order valence-electron chi connectivity index (χ0n) is 13.6. The summed E-state index contributed by atoms with van der Waals surface area (Å²) in [5.41, 5.74) is 3.12. The molecule has 3 rings (SSSR count). The second-order valence-corrected chi connectivity index (χ2v) is 6.05. The van der Waals surface area contributed by atoms with Crippen molar-refractivity contribution in [1.82, 2.24) is 19.7 Å². The molecule has 3 heterocycles. The van der Waals surface area contributed by atoms with Gasteiger partial charge in [-0.2, -0.15) is 5.10 Å². The lowest BCUT2D eigenvalue weighted by molar-refractivity contribution is 0.102. The summed E-state index contributed by atoms with van der Waals surface area (Å²) < 4.78 is 1.77. The van der Waals surface area contributed by atoms with Gasteiger partial charge in [0.15, 0.2) is 5.82 Å². The van der Waals surface area contributed by atoms with Gasteiger partial charge in [-0.15, -0.1) is 11.8 Å². The molecule has 0 aromatic carbocycles. The number of aromatic nitrogens is 4. The number of nitrogens with zero attached hydrogens (tertiary/aromatic N) is 4. The molecule has 0 saturated carbocycles. The van der Waals surface area contributed by atoms with E-state index in [9.17, 15) is 4.79 Å². The Bertz CT molecular complexity index is 873. The van der Waals surface area contributed by atoms with Gasteiger partial charge in [-0.1, -0.05) is 0 Å². The fraction of sp³-hybridized carbons (Fsp3) is 0.176. The molecular formula is C17H17N5OS. The van der Waals surface area contributed by atoms with Crippen molar-refractivity contribution in [2.75, 3.05) is 11.6 Å². The molecule has 0 unspecified atom stereocenters. The first kappa shape index (κ1) is 16.2. The highest BCUT2D eigenvalue weighted by molar-refractivity contribution is 7.98. The Morgan fingerprint density at radius 2 is 2.04 bits per heavy atom. The molecule has 0 bridgehead atoms. The van der Waals surface area contributed by atoms with E-state index in [2.05, 4.69) is 20.4 Å². The van der Waals surface area contributed by atoms with Crippen molar-refractivity contribution < 1.29 is 4.79 Å². The molecule has 1 amide bonds. The predicted octanol–water partition coefficient (Wildman–Crippen LogP) is 3.25. The second kappa shape index (κ2) is 6.84. The van der Waals surface area contributed by atoms with Crippen LogP contribution < -0.4 is 5.32 Å². The second-order valence-electron chi connectivity index (χ2n) is 5.26. The van der Waals surface area contributed by atoms with Crippen LogP contribution in [0.4, 0.5) is 5.69 Å². The molecule has 0 spiro atoms. The minimum absolute atomic E-state index is 0.201. The largest absolute Gasteiger partial charge is 0.321 e. The number of carbonyl (C=O) groups excluding carboxylic acids is 1. The van der Waals surface area contributed by atoms with E-state index in [0.29, 0.717) is 22.1 Å². The number of carbonyl (C=O) groups is 1. The molecule has 3 aromatic heterocycles. The fourth-order valence-electron chi connectivity index (χ4n) is 2.37.